The third-order valence-corrected chi connectivity index (χ3v) is 10.0. The first-order chi connectivity index (χ1) is 14.9. The molecule has 3 aliphatic carbocycles. The van der Waals surface area contributed by atoms with Crippen molar-refractivity contribution in [3.63, 3.8) is 0 Å². The van der Waals surface area contributed by atoms with E-state index < -0.39 is 0 Å². The third kappa shape index (κ3) is 3.11. The lowest BCUT2D eigenvalue weighted by Crippen LogP contribution is -2.53. The highest BCUT2D eigenvalue weighted by Gasteiger charge is 2.57. The molecule has 5 heteroatoms. The first kappa shape index (κ1) is 21.1. The van der Waals surface area contributed by atoms with Crippen LogP contribution in [0.4, 0.5) is 0 Å². The Morgan fingerprint density at radius 1 is 1.16 bits per heavy atom. The Kier molecular flexibility index (Phi) is 5.25. The summed E-state index contributed by atoms with van der Waals surface area (Å²) in [5.74, 6) is 3.71. The number of rotatable bonds is 4. The quantitative estimate of drug-likeness (QED) is 0.780. The minimum Gasteiger partial charge on any atom is -0.396 e. The van der Waals surface area contributed by atoms with E-state index in [0.29, 0.717) is 17.3 Å². The molecular weight excluding hydrogens is 384 g/mol. The third-order valence-electron chi connectivity index (χ3n) is 10.0. The van der Waals surface area contributed by atoms with Gasteiger partial charge in [-0.3, -0.25) is 0 Å². The van der Waals surface area contributed by atoms with E-state index in [1.807, 2.05) is 35.3 Å². The van der Waals surface area contributed by atoms with E-state index >= 15 is 0 Å². The van der Waals surface area contributed by atoms with Gasteiger partial charge in [0.05, 0.1) is 6.20 Å². The van der Waals surface area contributed by atoms with E-state index in [-0.39, 0.29) is 17.9 Å². The average Bonchev–Trinajstić information content (AvgIpc) is 3.32. The second-order valence-corrected chi connectivity index (χ2v) is 11.1. The van der Waals surface area contributed by atoms with Crippen LogP contribution in [-0.2, 0) is 12.8 Å². The van der Waals surface area contributed by atoms with Gasteiger partial charge in [-0.25, -0.2) is 9.67 Å². The molecule has 5 rings (SSSR count). The topological polar surface area (TPSA) is 77.0 Å². The number of nitrogens with two attached hydrogens (primary N) is 1. The van der Waals surface area contributed by atoms with Crippen molar-refractivity contribution in [3.8, 4) is 5.82 Å². The summed E-state index contributed by atoms with van der Waals surface area (Å²) in [6.45, 7) is 8.39. The fourth-order valence-corrected chi connectivity index (χ4v) is 7.88. The highest BCUT2D eigenvalue weighted by atomic mass is 16.3. The normalized spacial score (nSPS) is 39.8. The first-order valence-corrected chi connectivity index (χ1v) is 12.2. The van der Waals surface area contributed by atoms with Crippen LogP contribution in [0.1, 0.15) is 57.7 Å². The number of aromatic nitrogens is 3. The zero-order valence-corrected chi connectivity index (χ0v) is 19.3. The number of nitrogens with zero attached hydrogens (tertiary/aromatic N) is 3. The molecule has 7 atom stereocenters. The Balaban J connectivity index is 1.49. The Bertz CT molecular complexity index is 927. The minimum atomic E-state index is 0.0525. The minimum absolute atomic E-state index is 0.0525. The summed E-state index contributed by atoms with van der Waals surface area (Å²) in [7, 11) is 0. The van der Waals surface area contributed by atoms with Crippen molar-refractivity contribution in [3.05, 3.63) is 41.9 Å². The van der Waals surface area contributed by atoms with Crippen LogP contribution in [0.3, 0.4) is 0 Å². The number of aliphatic hydroxyl groups is 1. The van der Waals surface area contributed by atoms with Gasteiger partial charge in [0.2, 0.25) is 0 Å². The van der Waals surface area contributed by atoms with E-state index in [1.165, 1.54) is 36.9 Å². The van der Waals surface area contributed by atoms with Crippen molar-refractivity contribution >= 4 is 0 Å². The van der Waals surface area contributed by atoms with Crippen molar-refractivity contribution in [1.29, 1.82) is 0 Å². The smallest absolute Gasteiger partial charge is 0.153 e. The van der Waals surface area contributed by atoms with Gasteiger partial charge in [0.15, 0.2) is 5.82 Å². The lowest BCUT2D eigenvalue weighted by atomic mass is 9.49. The van der Waals surface area contributed by atoms with Crippen molar-refractivity contribution < 1.29 is 5.11 Å². The van der Waals surface area contributed by atoms with Gasteiger partial charge in [-0.05, 0) is 103 Å². The molecular formula is C26H38N4O. The van der Waals surface area contributed by atoms with Crippen LogP contribution < -0.4 is 5.73 Å². The van der Waals surface area contributed by atoms with Crippen LogP contribution in [0.15, 0.2) is 30.6 Å². The van der Waals surface area contributed by atoms with Gasteiger partial charge in [0, 0.05) is 18.5 Å². The molecule has 2 saturated carbocycles. The molecule has 3 N–H and O–H groups in total. The molecule has 5 unspecified atom stereocenters. The molecule has 0 spiro atoms. The number of aliphatic hydroxyl groups excluding tert-OH is 1. The largest absolute Gasteiger partial charge is 0.396 e. The SMILES string of the molecule is CC1CCC2C(CN)C([C@@]3(C)Cc4cnn(-c5ccccn5)c4C[C@@H]3CO)CCC12C. The van der Waals surface area contributed by atoms with Crippen molar-refractivity contribution in [1.82, 2.24) is 14.8 Å². The van der Waals surface area contributed by atoms with Crippen LogP contribution in [0.2, 0.25) is 0 Å². The van der Waals surface area contributed by atoms with Crippen molar-refractivity contribution in [2.75, 3.05) is 13.2 Å². The summed E-state index contributed by atoms with van der Waals surface area (Å²) in [6.07, 6.45) is 10.9. The van der Waals surface area contributed by atoms with Crippen LogP contribution in [-0.4, -0.2) is 33.0 Å². The summed E-state index contributed by atoms with van der Waals surface area (Å²) in [5, 5.41) is 15.3. The maximum atomic E-state index is 10.5. The van der Waals surface area contributed by atoms with Crippen molar-refractivity contribution in [2.45, 2.75) is 59.3 Å². The lowest BCUT2D eigenvalue weighted by Gasteiger charge is -2.56. The zero-order chi connectivity index (χ0) is 21.8. The molecule has 31 heavy (non-hydrogen) atoms. The van der Waals surface area contributed by atoms with Gasteiger partial charge in [0.25, 0.3) is 0 Å². The number of hydrogen-bond donors (Lipinski definition) is 2. The maximum Gasteiger partial charge on any atom is 0.153 e. The van der Waals surface area contributed by atoms with Crippen LogP contribution in [0.25, 0.3) is 5.82 Å². The fourth-order valence-electron chi connectivity index (χ4n) is 7.88. The van der Waals surface area contributed by atoms with Gasteiger partial charge in [-0.15, -0.1) is 0 Å². The molecule has 2 aromatic heterocycles. The van der Waals surface area contributed by atoms with Crippen LogP contribution in [0, 0.1) is 40.4 Å². The van der Waals surface area contributed by atoms with Crippen LogP contribution >= 0.6 is 0 Å². The van der Waals surface area contributed by atoms with E-state index in [0.717, 1.165) is 37.0 Å². The molecule has 0 bridgehead atoms. The predicted molar refractivity (Wildman–Crippen MR) is 123 cm³/mol. The molecule has 2 aromatic rings. The number of hydrogen-bond acceptors (Lipinski definition) is 4. The Hall–Kier alpha value is -1.72. The molecule has 0 aromatic carbocycles. The highest BCUT2D eigenvalue weighted by molar-refractivity contribution is 5.33. The molecule has 168 valence electrons. The monoisotopic (exact) mass is 422 g/mol. The summed E-state index contributed by atoms with van der Waals surface area (Å²) >= 11 is 0. The molecule has 0 radical (unpaired) electrons. The van der Waals surface area contributed by atoms with Gasteiger partial charge >= 0.3 is 0 Å². The molecule has 0 amide bonds. The Labute approximate surface area is 186 Å². The van der Waals surface area contributed by atoms with Crippen molar-refractivity contribution in [2.24, 2.45) is 46.2 Å². The Morgan fingerprint density at radius 3 is 2.68 bits per heavy atom. The predicted octanol–water partition coefficient (Wildman–Crippen LogP) is 4.02. The number of pyridine rings is 1. The van der Waals surface area contributed by atoms with Gasteiger partial charge in [-0.1, -0.05) is 26.8 Å². The lowest BCUT2D eigenvalue weighted by molar-refractivity contribution is -0.0691. The van der Waals surface area contributed by atoms with Gasteiger partial charge < -0.3 is 10.8 Å². The summed E-state index contributed by atoms with van der Waals surface area (Å²) in [6, 6.07) is 5.93. The molecule has 2 heterocycles. The molecule has 5 nitrogen and oxygen atoms in total. The first-order valence-electron chi connectivity index (χ1n) is 12.2. The molecule has 0 saturated heterocycles. The second kappa shape index (κ2) is 7.70. The standard InChI is InChI=1S/C26H38N4O/c1-17-7-8-21-20(14-27)22(9-10-25(17,21)2)26(3)13-18-15-29-30(23(18)12-19(26)16-31)24-6-4-5-11-28-24/h4-6,11,15,17,19-22,31H,7-10,12-14,16,27H2,1-3H3/t17?,19-,20?,21?,22?,25?,26+/m1/s1. The van der Waals surface area contributed by atoms with E-state index in [9.17, 15) is 5.11 Å². The summed E-state index contributed by atoms with van der Waals surface area (Å²) < 4.78 is 1.98. The molecule has 3 aliphatic rings. The summed E-state index contributed by atoms with van der Waals surface area (Å²) in [5.41, 5.74) is 9.52. The van der Waals surface area contributed by atoms with E-state index in [1.54, 1.807) is 0 Å². The van der Waals surface area contributed by atoms with E-state index in [4.69, 9.17) is 10.8 Å². The summed E-state index contributed by atoms with van der Waals surface area (Å²) in [4.78, 5) is 4.50. The molecule has 2 fully saturated rings. The molecule has 0 aliphatic heterocycles. The van der Waals surface area contributed by atoms with Crippen LogP contribution in [0.5, 0.6) is 0 Å². The number of fused-ring (bicyclic) bond motifs is 2. The zero-order valence-electron chi connectivity index (χ0n) is 19.3. The van der Waals surface area contributed by atoms with Gasteiger partial charge in [0.1, 0.15) is 0 Å². The fraction of sp³-hybridized carbons (Fsp3) is 0.692. The van der Waals surface area contributed by atoms with E-state index in [2.05, 4.69) is 25.8 Å². The highest BCUT2D eigenvalue weighted by Crippen LogP contribution is 2.63. The average molecular weight is 423 g/mol. The maximum absolute atomic E-state index is 10.5. The van der Waals surface area contributed by atoms with Gasteiger partial charge in [-0.2, -0.15) is 5.10 Å². The second-order valence-electron chi connectivity index (χ2n) is 11.1. The Morgan fingerprint density at radius 2 is 1.97 bits per heavy atom.